The van der Waals surface area contributed by atoms with Gasteiger partial charge >= 0.3 is 12.2 Å². The number of aromatic amines is 1. The van der Waals surface area contributed by atoms with Crippen LogP contribution in [0.4, 0.5) is 43.9 Å². The highest BCUT2D eigenvalue weighted by Crippen LogP contribution is 2.35. The summed E-state index contributed by atoms with van der Waals surface area (Å²) in [4.78, 5) is 12.1. The van der Waals surface area contributed by atoms with E-state index >= 15 is 0 Å². The normalized spacial score (nSPS) is 11.5. The van der Waals surface area contributed by atoms with Gasteiger partial charge in [-0.3, -0.25) is 5.10 Å². The van der Waals surface area contributed by atoms with Gasteiger partial charge in [0.2, 0.25) is 0 Å². The fourth-order valence-electron chi connectivity index (χ4n) is 3.27. The van der Waals surface area contributed by atoms with E-state index in [4.69, 9.17) is 5.73 Å². The lowest BCUT2D eigenvalue weighted by Gasteiger charge is -2.13. The first kappa shape index (κ1) is 21.1. The Balaban J connectivity index is 1.56. The number of urea groups is 1. The number of carbonyl (C=O) groups is 1. The molecule has 2 amide bonds. The number of alkyl halides is 3. The van der Waals surface area contributed by atoms with Gasteiger partial charge in [0.05, 0.1) is 22.2 Å². The number of rotatable bonds is 3. The van der Waals surface area contributed by atoms with Crippen molar-refractivity contribution in [3.05, 3.63) is 71.8 Å². The van der Waals surface area contributed by atoms with Crippen molar-refractivity contribution in [3.63, 3.8) is 0 Å². The molecule has 6 nitrogen and oxygen atoms in total. The van der Waals surface area contributed by atoms with Crippen molar-refractivity contribution in [2.24, 2.45) is 0 Å². The van der Waals surface area contributed by atoms with Gasteiger partial charge in [-0.05, 0) is 42.0 Å². The van der Waals surface area contributed by atoms with Crippen LogP contribution in [0.2, 0.25) is 0 Å². The maximum atomic E-state index is 14.8. The lowest BCUT2D eigenvalue weighted by Crippen LogP contribution is -2.21. The van der Waals surface area contributed by atoms with E-state index in [1.165, 1.54) is 12.1 Å². The third-order valence-electron chi connectivity index (χ3n) is 4.69. The highest BCUT2D eigenvalue weighted by molar-refractivity contribution is 6.02. The molecule has 0 saturated heterocycles. The maximum absolute atomic E-state index is 14.8. The zero-order valence-corrected chi connectivity index (χ0v) is 16.0. The molecule has 0 bridgehead atoms. The molecule has 0 fully saturated rings. The van der Waals surface area contributed by atoms with E-state index in [0.717, 1.165) is 18.2 Å². The van der Waals surface area contributed by atoms with E-state index in [1.54, 1.807) is 18.2 Å². The summed E-state index contributed by atoms with van der Waals surface area (Å²) >= 11 is 0. The van der Waals surface area contributed by atoms with Gasteiger partial charge in [-0.2, -0.15) is 18.3 Å². The number of hydrogen-bond donors (Lipinski definition) is 4. The molecule has 4 aromatic rings. The van der Waals surface area contributed by atoms with Crippen molar-refractivity contribution in [3.8, 4) is 11.1 Å². The van der Waals surface area contributed by atoms with Crippen molar-refractivity contribution in [1.82, 2.24) is 10.2 Å². The molecule has 4 rings (SSSR count). The number of nitrogens with zero attached hydrogens (tertiary/aromatic N) is 1. The Bertz CT molecular complexity index is 1330. The molecule has 1 heterocycles. The Morgan fingerprint density at radius 2 is 1.72 bits per heavy atom. The number of anilines is 3. The van der Waals surface area contributed by atoms with Gasteiger partial charge in [0, 0.05) is 11.3 Å². The summed E-state index contributed by atoms with van der Waals surface area (Å²) < 4.78 is 67.3. The monoisotopic (exact) mass is 447 g/mol. The molecule has 0 aliphatic carbocycles. The minimum atomic E-state index is -4.92. The van der Waals surface area contributed by atoms with Crippen LogP contribution in [0.15, 0.2) is 54.6 Å². The number of hydrogen-bond acceptors (Lipinski definition) is 3. The summed E-state index contributed by atoms with van der Waals surface area (Å²) in [6, 6.07) is 10.3. The SMILES string of the molecule is Nc1n[nH]c2cccc(-c3ccc(NC(=O)Nc4cccc(C(F)(F)F)c4F)cc3F)c12. The zero-order valence-electron chi connectivity index (χ0n) is 16.0. The molecule has 0 atom stereocenters. The van der Waals surface area contributed by atoms with Crippen molar-refractivity contribution < 1.29 is 26.7 Å². The van der Waals surface area contributed by atoms with E-state index in [9.17, 15) is 26.7 Å². The van der Waals surface area contributed by atoms with Gasteiger partial charge < -0.3 is 16.4 Å². The van der Waals surface area contributed by atoms with Crippen molar-refractivity contribution >= 4 is 34.1 Å². The maximum Gasteiger partial charge on any atom is 0.419 e. The second-order valence-electron chi connectivity index (χ2n) is 6.78. The fraction of sp³-hybridized carbons (Fsp3) is 0.0476. The summed E-state index contributed by atoms with van der Waals surface area (Å²) in [6.07, 6.45) is -4.92. The topological polar surface area (TPSA) is 95.8 Å². The molecular formula is C21H14F5N5O. The molecule has 32 heavy (non-hydrogen) atoms. The number of nitrogen functional groups attached to an aromatic ring is 1. The van der Waals surface area contributed by atoms with Gasteiger partial charge in [-0.1, -0.05) is 18.2 Å². The number of H-pyrrole nitrogens is 1. The number of halogens is 5. The van der Waals surface area contributed by atoms with Crippen LogP contribution >= 0.6 is 0 Å². The van der Waals surface area contributed by atoms with E-state index in [1.807, 2.05) is 5.32 Å². The number of aromatic nitrogens is 2. The van der Waals surface area contributed by atoms with Crippen molar-refractivity contribution in [2.45, 2.75) is 6.18 Å². The molecule has 0 aliphatic rings. The number of nitrogens with two attached hydrogens (primary N) is 1. The number of nitrogens with one attached hydrogen (secondary N) is 3. The summed E-state index contributed by atoms with van der Waals surface area (Å²) in [5, 5.41) is 11.4. The van der Waals surface area contributed by atoms with Crippen LogP contribution in [0.3, 0.4) is 0 Å². The molecule has 0 radical (unpaired) electrons. The average Bonchev–Trinajstić information content (AvgIpc) is 3.10. The Morgan fingerprint density at radius 3 is 2.44 bits per heavy atom. The molecule has 0 saturated carbocycles. The molecule has 1 aromatic heterocycles. The van der Waals surface area contributed by atoms with Crippen LogP contribution in [-0.2, 0) is 6.18 Å². The number of amides is 2. The van der Waals surface area contributed by atoms with E-state index in [0.29, 0.717) is 22.5 Å². The Labute approximate surface area is 177 Å². The van der Waals surface area contributed by atoms with Crippen molar-refractivity contribution in [1.29, 1.82) is 0 Å². The summed E-state index contributed by atoms with van der Waals surface area (Å²) in [5.41, 5.74) is 4.96. The first-order valence-electron chi connectivity index (χ1n) is 9.11. The first-order chi connectivity index (χ1) is 15.1. The largest absolute Gasteiger partial charge is 0.419 e. The number of carbonyl (C=O) groups excluding carboxylic acids is 1. The minimum absolute atomic E-state index is 0.00322. The highest BCUT2D eigenvalue weighted by atomic mass is 19.4. The molecule has 5 N–H and O–H groups in total. The quantitative estimate of drug-likeness (QED) is 0.301. The van der Waals surface area contributed by atoms with E-state index < -0.39 is 35.1 Å². The molecule has 3 aromatic carbocycles. The van der Waals surface area contributed by atoms with E-state index in [2.05, 4.69) is 15.5 Å². The molecule has 0 spiro atoms. The third kappa shape index (κ3) is 3.92. The van der Waals surface area contributed by atoms with Crippen LogP contribution in [0.25, 0.3) is 22.0 Å². The minimum Gasteiger partial charge on any atom is -0.382 e. The zero-order chi connectivity index (χ0) is 23.0. The molecule has 0 aliphatic heterocycles. The van der Waals surface area contributed by atoms with Crippen molar-refractivity contribution in [2.75, 3.05) is 16.4 Å². The van der Waals surface area contributed by atoms with Crippen LogP contribution in [0.5, 0.6) is 0 Å². The number of fused-ring (bicyclic) bond motifs is 1. The summed E-state index contributed by atoms with van der Waals surface area (Å²) in [5.74, 6) is -2.12. The lowest BCUT2D eigenvalue weighted by atomic mass is 10.0. The van der Waals surface area contributed by atoms with Gasteiger partial charge in [-0.25, -0.2) is 13.6 Å². The Hall–Kier alpha value is -4.15. The van der Waals surface area contributed by atoms with Crippen LogP contribution in [0.1, 0.15) is 5.56 Å². The Morgan fingerprint density at radius 1 is 0.969 bits per heavy atom. The fourth-order valence-corrected chi connectivity index (χ4v) is 3.27. The van der Waals surface area contributed by atoms with Gasteiger partial charge in [0.1, 0.15) is 5.82 Å². The predicted octanol–water partition coefficient (Wildman–Crippen LogP) is 5.75. The van der Waals surface area contributed by atoms with Gasteiger partial charge in [0.15, 0.2) is 11.6 Å². The smallest absolute Gasteiger partial charge is 0.382 e. The standard InChI is InChI=1S/C21H14F5N5O/c22-14-9-10(7-8-11(14)12-3-1-5-15-17(12)19(27)31-30-15)28-20(32)29-16-6-2-4-13(18(16)23)21(24,25)26/h1-9H,(H3,27,30,31)(H2,28,29,32). The van der Waals surface area contributed by atoms with Crippen LogP contribution in [0, 0.1) is 11.6 Å². The lowest BCUT2D eigenvalue weighted by molar-refractivity contribution is -0.139. The van der Waals surface area contributed by atoms with E-state index in [-0.39, 0.29) is 17.1 Å². The van der Waals surface area contributed by atoms with Crippen LogP contribution in [-0.4, -0.2) is 16.2 Å². The average molecular weight is 447 g/mol. The molecular weight excluding hydrogens is 433 g/mol. The second-order valence-corrected chi connectivity index (χ2v) is 6.78. The van der Waals surface area contributed by atoms with Gasteiger partial charge in [0.25, 0.3) is 0 Å². The molecule has 11 heteroatoms. The molecule has 0 unspecified atom stereocenters. The Kier molecular flexibility index (Phi) is 5.17. The predicted molar refractivity (Wildman–Crippen MR) is 110 cm³/mol. The highest BCUT2D eigenvalue weighted by Gasteiger charge is 2.35. The second kappa shape index (κ2) is 7.84. The summed E-state index contributed by atoms with van der Waals surface area (Å²) in [7, 11) is 0. The third-order valence-corrected chi connectivity index (χ3v) is 4.69. The van der Waals surface area contributed by atoms with Gasteiger partial charge in [-0.15, -0.1) is 0 Å². The first-order valence-corrected chi connectivity index (χ1v) is 9.11. The summed E-state index contributed by atoms with van der Waals surface area (Å²) in [6.45, 7) is 0. The molecule has 164 valence electrons. The number of benzene rings is 3. The van der Waals surface area contributed by atoms with Crippen LogP contribution < -0.4 is 16.4 Å².